The van der Waals surface area contributed by atoms with Crippen LogP contribution in [-0.2, 0) is 4.74 Å². The van der Waals surface area contributed by atoms with Gasteiger partial charge in [0, 0.05) is 13.2 Å². The van der Waals surface area contributed by atoms with E-state index < -0.39 is 31.1 Å². The van der Waals surface area contributed by atoms with E-state index in [0.717, 1.165) is 0 Å². The molecule has 0 saturated carbocycles. The van der Waals surface area contributed by atoms with Crippen molar-refractivity contribution in [1.82, 2.24) is 34.6 Å². The molecule has 0 spiro atoms. The van der Waals surface area contributed by atoms with Crippen LogP contribution in [-0.4, -0.2) is 82.5 Å². The van der Waals surface area contributed by atoms with E-state index in [4.69, 9.17) is 10.5 Å². The van der Waals surface area contributed by atoms with Gasteiger partial charge in [0.25, 0.3) is 11.9 Å². The van der Waals surface area contributed by atoms with Crippen molar-refractivity contribution < 1.29 is 24.9 Å². The maximum absolute atomic E-state index is 11.7. The van der Waals surface area contributed by atoms with Crippen LogP contribution in [0.5, 0.6) is 0 Å². The van der Waals surface area contributed by atoms with Gasteiger partial charge in [-0.3, -0.25) is 9.36 Å². The van der Waals surface area contributed by atoms with E-state index in [9.17, 15) is 20.1 Å². The van der Waals surface area contributed by atoms with Crippen molar-refractivity contribution in [3.63, 3.8) is 0 Å². The second-order valence-electron chi connectivity index (χ2n) is 6.19. The number of carbonyl (C=O) groups excluding carboxylic acids is 1. The molecule has 1 fully saturated rings. The summed E-state index contributed by atoms with van der Waals surface area (Å²) in [4.78, 5) is 24.3. The van der Waals surface area contributed by atoms with Gasteiger partial charge in [-0.25, -0.2) is 9.67 Å². The van der Waals surface area contributed by atoms with Gasteiger partial charge in [-0.1, -0.05) is 0 Å². The highest BCUT2D eigenvalue weighted by molar-refractivity contribution is 5.91. The molecule has 0 radical (unpaired) electrons. The van der Waals surface area contributed by atoms with Gasteiger partial charge in [0.2, 0.25) is 0 Å². The van der Waals surface area contributed by atoms with Crippen LogP contribution in [0.3, 0.4) is 0 Å². The molecule has 3 aromatic heterocycles. The number of ether oxygens (including phenoxy) is 1. The molecule has 1 aliphatic rings. The first-order valence-corrected chi connectivity index (χ1v) is 8.35. The summed E-state index contributed by atoms with van der Waals surface area (Å²) < 4.78 is 8.18. The van der Waals surface area contributed by atoms with Crippen molar-refractivity contribution in [3.8, 4) is 5.95 Å². The number of carbonyl (C=O) groups is 1. The fourth-order valence-electron chi connectivity index (χ4n) is 3.01. The Kier molecular flexibility index (Phi) is 4.43. The van der Waals surface area contributed by atoms with E-state index in [1.807, 2.05) is 0 Å². The highest BCUT2D eigenvalue weighted by atomic mass is 16.6. The molecule has 4 atom stereocenters. The lowest BCUT2D eigenvalue weighted by Crippen LogP contribution is -2.33. The maximum Gasteiger partial charge on any atom is 0.271 e. The average molecular weight is 390 g/mol. The number of imidazole rings is 1. The molecule has 0 bridgehead atoms. The van der Waals surface area contributed by atoms with Crippen LogP contribution in [0.1, 0.15) is 16.7 Å². The minimum atomic E-state index is -1.31. The Morgan fingerprint density at radius 3 is 2.82 bits per heavy atom. The highest BCUT2D eigenvalue weighted by Gasteiger charge is 2.44. The number of nitrogen functional groups attached to an aromatic ring is 1. The normalized spacial score (nSPS) is 24.7. The fraction of sp³-hybridized carbons (Fsp3) is 0.400. The zero-order valence-electron chi connectivity index (χ0n) is 14.7. The molecule has 0 aromatic carbocycles. The number of hydrogen-bond acceptors (Lipinski definition) is 10. The van der Waals surface area contributed by atoms with Crippen molar-refractivity contribution >= 4 is 22.9 Å². The van der Waals surface area contributed by atoms with E-state index >= 15 is 0 Å². The van der Waals surface area contributed by atoms with Crippen LogP contribution < -0.4 is 11.1 Å². The molecule has 13 heteroatoms. The van der Waals surface area contributed by atoms with Gasteiger partial charge in [0.1, 0.15) is 23.8 Å². The van der Waals surface area contributed by atoms with Crippen LogP contribution in [0.15, 0.2) is 18.6 Å². The minimum Gasteiger partial charge on any atom is -0.394 e. The largest absolute Gasteiger partial charge is 0.394 e. The molecule has 1 unspecified atom stereocenters. The quantitative estimate of drug-likeness (QED) is 0.320. The summed E-state index contributed by atoms with van der Waals surface area (Å²) in [6.45, 7) is -0.459. The summed E-state index contributed by atoms with van der Waals surface area (Å²) in [5, 5.41) is 36.1. The van der Waals surface area contributed by atoms with Crippen LogP contribution in [0.25, 0.3) is 17.1 Å². The number of hydrogen-bond donors (Lipinski definition) is 5. The summed E-state index contributed by atoms with van der Waals surface area (Å²) in [5.74, 6) is -0.236. The zero-order chi connectivity index (χ0) is 20.0. The first-order chi connectivity index (χ1) is 13.4. The van der Waals surface area contributed by atoms with Crippen molar-refractivity contribution in [2.24, 2.45) is 0 Å². The van der Waals surface area contributed by atoms with Crippen molar-refractivity contribution in [3.05, 3.63) is 24.3 Å². The molecule has 1 aliphatic heterocycles. The molecule has 148 valence electrons. The number of aliphatic hydroxyl groups is 3. The van der Waals surface area contributed by atoms with Gasteiger partial charge in [-0.15, -0.1) is 0 Å². The van der Waals surface area contributed by atoms with Crippen molar-refractivity contribution in [2.45, 2.75) is 24.5 Å². The number of aliphatic hydroxyl groups excluding tert-OH is 3. The maximum atomic E-state index is 11.7. The summed E-state index contributed by atoms with van der Waals surface area (Å²) in [5.41, 5.74) is 6.64. The third-order valence-electron chi connectivity index (χ3n) is 4.48. The molecule has 4 rings (SSSR count). The molecule has 6 N–H and O–H groups in total. The number of aromatic nitrogens is 6. The Bertz CT molecular complexity index is 1030. The third kappa shape index (κ3) is 2.77. The van der Waals surface area contributed by atoms with Gasteiger partial charge in [-0.05, 0) is 6.07 Å². The standard InChI is InChI=1S/C15H18N8O5/c1-17-13(27)6-2-3-23(21-6)15-19-11(16)8-12(20-15)22(5-18-8)14-10(26)9(25)7(4-24)28-14/h2-3,5,7,9-10,14,24-26H,4H2,1H3,(H,17,27)(H2,16,19,20)/t7-,9+,10?,14-/m1/s1. The smallest absolute Gasteiger partial charge is 0.271 e. The van der Waals surface area contributed by atoms with Gasteiger partial charge in [0.05, 0.1) is 12.9 Å². The number of rotatable bonds is 4. The molecular weight excluding hydrogens is 372 g/mol. The highest BCUT2D eigenvalue weighted by Crippen LogP contribution is 2.32. The van der Waals surface area contributed by atoms with Crippen LogP contribution in [0.4, 0.5) is 5.82 Å². The van der Waals surface area contributed by atoms with Crippen molar-refractivity contribution in [1.29, 1.82) is 0 Å². The summed E-state index contributed by atoms with van der Waals surface area (Å²) in [6, 6.07) is 1.49. The summed E-state index contributed by atoms with van der Waals surface area (Å²) >= 11 is 0. The Morgan fingerprint density at radius 1 is 1.36 bits per heavy atom. The Hall–Kier alpha value is -3.13. The lowest BCUT2D eigenvalue weighted by Gasteiger charge is -2.16. The van der Waals surface area contributed by atoms with E-state index in [1.54, 1.807) is 0 Å². The molecule has 3 aromatic rings. The number of nitrogens with two attached hydrogens (primary N) is 1. The zero-order valence-corrected chi connectivity index (χ0v) is 14.7. The van der Waals surface area contributed by atoms with Gasteiger partial charge < -0.3 is 31.1 Å². The lowest BCUT2D eigenvalue weighted by atomic mass is 10.1. The van der Waals surface area contributed by atoms with Gasteiger partial charge in [0.15, 0.2) is 23.4 Å². The molecule has 4 heterocycles. The Balaban J connectivity index is 1.77. The van der Waals surface area contributed by atoms with E-state index in [2.05, 4.69) is 25.4 Å². The SMILES string of the molecule is CNC(=O)c1ccn(-c2nc(N)c3ncn([C@@H]4O[C@H](CO)[C@H](O)C4O)c3n2)n1. The average Bonchev–Trinajstić information content (AvgIpc) is 3.40. The lowest BCUT2D eigenvalue weighted by molar-refractivity contribution is -0.0511. The second-order valence-corrected chi connectivity index (χ2v) is 6.19. The minimum absolute atomic E-state index is 0.0579. The monoisotopic (exact) mass is 390 g/mol. The van der Waals surface area contributed by atoms with Gasteiger partial charge in [-0.2, -0.15) is 15.1 Å². The third-order valence-corrected chi connectivity index (χ3v) is 4.48. The molecule has 0 aliphatic carbocycles. The molecular formula is C15H18N8O5. The summed E-state index contributed by atoms with van der Waals surface area (Å²) in [6.07, 6.45) is -1.71. The fourth-order valence-corrected chi connectivity index (χ4v) is 3.01. The predicted molar refractivity (Wildman–Crippen MR) is 93.3 cm³/mol. The predicted octanol–water partition coefficient (Wildman–Crippen LogP) is -2.43. The van der Waals surface area contributed by atoms with E-state index in [1.165, 1.54) is 34.9 Å². The second kappa shape index (κ2) is 6.79. The van der Waals surface area contributed by atoms with Crippen molar-refractivity contribution in [2.75, 3.05) is 19.4 Å². The molecule has 28 heavy (non-hydrogen) atoms. The number of fused-ring (bicyclic) bond motifs is 1. The number of amides is 1. The van der Waals surface area contributed by atoms with Crippen LogP contribution in [0, 0.1) is 0 Å². The first-order valence-electron chi connectivity index (χ1n) is 8.35. The first kappa shape index (κ1) is 18.2. The van der Waals surface area contributed by atoms with Gasteiger partial charge >= 0.3 is 0 Å². The van der Waals surface area contributed by atoms with Crippen LogP contribution >= 0.6 is 0 Å². The molecule has 1 saturated heterocycles. The number of nitrogens with zero attached hydrogens (tertiary/aromatic N) is 6. The number of anilines is 1. The summed E-state index contributed by atoms with van der Waals surface area (Å²) in [7, 11) is 1.49. The Labute approximate surface area is 157 Å². The van der Waals surface area contributed by atoms with E-state index in [-0.39, 0.29) is 34.5 Å². The Morgan fingerprint density at radius 2 is 2.14 bits per heavy atom. The van der Waals surface area contributed by atoms with Crippen LogP contribution in [0.2, 0.25) is 0 Å². The molecule has 13 nitrogen and oxygen atoms in total. The molecule has 1 amide bonds. The topological polar surface area (TPSA) is 186 Å². The van der Waals surface area contributed by atoms with E-state index in [0.29, 0.717) is 0 Å². The number of nitrogens with one attached hydrogen (secondary N) is 1.